The fourth-order valence-corrected chi connectivity index (χ4v) is 3.43. The van der Waals surface area contributed by atoms with E-state index in [9.17, 15) is 13.2 Å². The van der Waals surface area contributed by atoms with E-state index in [2.05, 4.69) is 5.32 Å². The Morgan fingerprint density at radius 1 is 1.43 bits per heavy atom. The van der Waals surface area contributed by atoms with Crippen LogP contribution in [-0.2, 0) is 15.8 Å². The monoisotopic (exact) mass is 361 g/mol. The van der Waals surface area contributed by atoms with Crippen molar-refractivity contribution in [1.82, 2.24) is 10.2 Å². The van der Waals surface area contributed by atoms with Crippen LogP contribution in [-0.4, -0.2) is 44.9 Å². The first-order valence-corrected chi connectivity index (χ1v) is 9.23. The smallest absolute Gasteiger partial charge is 0.254 e. The zero-order chi connectivity index (χ0) is 16.2. The number of primary sulfonamides is 1. The molecule has 0 radical (unpaired) electrons. The SMILES string of the molecule is CCCN(C(=O)c1cccc(CS(N)(=O)=O)c1)C1CCNC1.Cl. The molecule has 130 valence electrons. The zero-order valence-electron chi connectivity index (χ0n) is 13.2. The number of sulfonamides is 1. The third-order valence-corrected chi connectivity index (χ3v) is 4.48. The van der Waals surface area contributed by atoms with Crippen molar-refractivity contribution in [3.05, 3.63) is 35.4 Å². The number of carbonyl (C=O) groups excluding carboxylic acids is 1. The molecule has 1 amide bonds. The average molecular weight is 362 g/mol. The van der Waals surface area contributed by atoms with Gasteiger partial charge in [0, 0.05) is 24.7 Å². The molecule has 1 saturated heterocycles. The molecule has 1 atom stereocenters. The Bertz CT molecular complexity index is 631. The van der Waals surface area contributed by atoms with Crippen LogP contribution < -0.4 is 10.5 Å². The third-order valence-electron chi connectivity index (χ3n) is 3.74. The molecule has 0 bridgehead atoms. The predicted molar refractivity (Wildman–Crippen MR) is 93.1 cm³/mol. The lowest BCUT2D eigenvalue weighted by atomic mass is 10.1. The normalized spacial score (nSPS) is 17.6. The molecule has 3 N–H and O–H groups in total. The van der Waals surface area contributed by atoms with Gasteiger partial charge in [-0.05, 0) is 37.1 Å². The maximum Gasteiger partial charge on any atom is 0.254 e. The van der Waals surface area contributed by atoms with Gasteiger partial charge in [0.1, 0.15) is 0 Å². The number of carbonyl (C=O) groups is 1. The Hall–Kier alpha value is -1.15. The Labute approximate surface area is 143 Å². The molecule has 1 unspecified atom stereocenters. The number of hydrogen-bond acceptors (Lipinski definition) is 4. The minimum Gasteiger partial charge on any atom is -0.334 e. The average Bonchev–Trinajstić information content (AvgIpc) is 2.96. The minimum atomic E-state index is -3.60. The molecule has 6 nitrogen and oxygen atoms in total. The van der Waals surface area contributed by atoms with Gasteiger partial charge in [-0.25, -0.2) is 13.6 Å². The number of nitrogens with one attached hydrogen (secondary N) is 1. The number of benzene rings is 1. The van der Waals surface area contributed by atoms with E-state index in [1.165, 1.54) is 0 Å². The highest BCUT2D eigenvalue weighted by atomic mass is 35.5. The Kier molecular flexibility index (Phi) is 7.47. The lowest BCUT2D eigenvalue weighted by Gasteiger charge is -2.28. The molecule has 0 saturated carbocycles. The van der Waals surface area contributed by atoms with Gasteiger partial charge in [-0.1, -0.05) is 19.1 Å². The lowest BCUT2D eigenvalue weighted by Crippen LogP contribution is -2.42. The highest BCUT2D eigenvalue weighted by Gasteiger charge is 2.26. The molecular weight excluding hydrogens is 338 g/mol. The van der Waals surface area contributed by atoms with Crippen molar-refractivity contribution in [1.29, 1.82) is 0 Å². The number of rotatable bonds is 6. The summed E-state index contributed by atoms with van der Waals surface area (Å²) in [6.07, 6.45) is 1.84. The quantitative estimate of drug-likeness (QED) is 0.793. The number of halogens is 1. The predicted octanol–water partition coefficient (Wildman–Crippen LogP) is 1.11. The van der Waals surface area contributed by atoms with Gasteiger partial charge in [-0.2, -0.15) is 0 Å². The Morgan fingerprint density at radius 2 is 2.17 bits per heavy atom. The molecule has 0 aliphatic carbocycles. The second-order valence-electron chi connectivity index (χ2n) is 5.65. The fourth-order valence-electron chi connectivity index (χ4n) is 2.79. The summed E-state index contributed by atoms with van der Waals surface area (Å²) in [5.41, 5.74) is 1.05. The van der Waals surface area contributed by atoms with E-state index in [0.717, 1.165) is 25.9 Å². The van der Waals surface area contributed by atoms with E-state index >= 15 is 0 Å². The summed E-state index contributed by atoms with van der Waals surface area (Å²) in [7, 11) is -3.60. The standard InChI is InChI=1S/C15H23N3O3S.ClH/c1-2-8-18(14-6-7-17-10-14)15(19)13-5-3-4-12(9-13)11-22(16,20)21;/h3-5,9,14,17H,2,6-8,10-11H2,1H3,(H2,16,20,21);1H. The summed E-state index contributed by atoms with van der Waals surface area (Å²) in [5.74, 6) is -0.306. The maximum absolute atomic E-state index is 12.8. The van der Waals surface area contributed by atoms with Gasteiger partial charge in [-0.3, -0.25) is 4.79 Å². The first-order chi connectivity index (χ1) is 10.4. The number of nitrogens with zero attached hydrogens (tertiary/aromatic N) is 1. The Balaban J connectivity index is 0.00000264. The summed E-state index contributed by atoms with van der Waals surface area (Å²) < 4.78 is 22.4. The number of hydrogen-bond donors (Lipinski definition) is 2. The van der Waals surface area contributed by atoms with Gasteiger partial charge < -0.3 is 10.2 Å². The van der Waals surface area contributed by atoms with Crippen LogP contribution in [0.1, 0.15) is 35.7 Å². The summed E-state index contributed by atoms with van der Waals surface area (Å²) in [6, 6.07) is 6.92. The van der Waals surface area contributed by atoms with Crippen molar-refractivity contribution >= 4 is 28.3 Å². The van der Waals surface area contributed by atoms with Crippen molar-refractivity contribution in [2.24, 2.45) is 5.14 Å². The number of amides is 1. The van der Waals surface area contributed by atoms with E-state index in [-0.39, 0.29) is 30.1 Å². The van der Waals surface area contributed by atoms with Gasteiger partial charge in [0.2, 0.25) is 10.0 Å². The summed E-state index contributed by atoms with van der Waals surface area (Å²) in [4.78, 5) is 14.6. The van der Waals surface area contributed by atoms with Crippen LogP contribution >= 0.6 is 12.4 Å². The largest absolute Gasteiger partial charge is 0.334 e. The van der Waals surface area contributed by atoms with Crippen LogP contribution in [0.3, 0.4) is 0 Å². The van der Waals surface area contributed by atoms with Gasteiger partial charge >= 0.3 is 0 Å². The minimum absolute atomic E-state index is 0. The van der Waals surface area contributed by atoms with Crippen LogP contribution in [0.25, 0.3) is 0 Å². The molecule has 1 heterocycles. The molecule has 0 spiro atoms. The van der Waals surface area contributed by atoms with E-state index in [1.54, 1.807) is 24.3 Å². The van der Waals surface area contributed by atoms with Crippen molar-refractivity contribution in [3.63, 3.8) is 0 Å². The molecule has 1 fully saturated rings. The second-order valence-corrected chi connectivity index (χ2v) is 7.27. The van der Waals surface area contributed by atoms with E-state index in [4.69, 9.17) is 5.14 Å². The molecular formula is C15H24ClN3O3S. The topological polar surface area (TPSA) is 92.5 Å². The molecule has 23 heavy (non-hydrogen) atoms. The molecule has 1 aromatic rings. The summed E-state index contributed by atoms with van der Waals surface area (Å²) >= 11 is 0. The molecule has 2 rings (SSSR count). The number of nitrogens with two attached hydrogens (primary N) is 1. The van der Waals surface area contributed by atoms with E-state index in [0.29, 0.717) is 17.7 Å². The first kappa shape index (κ1) is 19.9. The van der Waals surface area contributed by atoms with Gasteiger partial charge in [0.25, 0.3) is 5.91 Å². The van der Waals surface area contributed by atoms with Gasteiger partial charge in [0.15, 0.2) is 0 Å². The van der Waals surface area contributed by atoms with Crippen LogP contribution in [0.15, 0.2) is 24.3 Å². The fraction of sp³-hybridized carbons (Fsp3) is 0.533. The van der Waals surface area contributed by atoms with Gasteiger partial charge in [0.05, 0.1) is 5.75 Å². The zero-order valence-corrected chi connectivity index (χ0v) is 14.8. The highest BCUT2D eigenvalue weighted by Crippen LogP contribution is 2.16. The van der Waals surface area contributed by atoms with E-state index < -0.39 is 10.0 Å². The summed E-state index contributed by atoms with van der Waals surface area (Å²) in [5, 5.41) is 8.34. The van der Waals surface area contributed by atoms with Crippen LogP contribution in [0.5, 0.6) is 0 Å². The summed E-state index contributed by atoms with van der Waals surface area (Å²) in [6.45, 7) is 4.47. The van der Waals surface area contributed by atoms with Crippen molar-refractivity contribution in [3.8, 4) is 0 Å². The van der Waals surface area contributed by atoms with Crippen molar-refractivity contribution < 1.29 is 13.2 Å². The lowest BCUT2D eigenvalue weighted by molar-refractivity contribution is 0.0692. The Morgan fingerprint density at radius 3 is 2.74 bits per heavy atom. The van der Waals surface area contributed by atoms with Gasteiger partial charge in [-0.15, -0.1) is 12.4 Å². The molecule has 8 heteroatoms. The highest BCUT2D eigenvalue weighted by molar-refractivity contribution is 7.88. The molecule has 0 aromatic heterocycles. The van der Waals surface area contributed by atoms with Crippen LogP contribution in [0.2, 0.25) is 0 Å². The van der Waals surface area contributed by atoms with E-state index in [1.807, 2.05) is 11.8 Å². The van der Waals surface area contributed by atoms with Crippen molar-refractivity contribution in [2.45, 2.75) is 31.6 Å². The van der Waals surface area contributed by atoms with Crippen molar-refractivity contribution in [2.75, 3.05) is 19.6 Å². The van der Waals surface area contributed by atoms with Crippen LogP contribution in [0, 0.1) is 0 Å². The maximum atomic E-state index is 12.8. The first-order valence-electron chi connectivity index (χ1n) is 7.52. The molecule has 1 aliphatic heterocycles. The molecule has 1 aliphatic rings. The molecule has 1 aromatic carbocycles. The third kappa shape index (κ3) is 5.76. The van der Waals surface area contributed by atoms with Crippen LogP contribution in [0.4, 0.5) is 0 Å². The second kappa shape index (κ2) is 8.63.